The minimum absolute atomic E-state index is 0.477. The summed E-state index contributed by atoms with van der Waals surface area (Å²) in [4.78, 5) is 5.16. The Bertz CT molecular complexity index is 3870. The minimum Gasteiger partial charge on any atom is -0.457 e. The van der Waals surface area contributed by atoms with Crippen molar-refractivity contribution in [3.8, 4) is 56.0 Å². The molecule has 2 aliphatic heterocycles. The van der Waals surface area contributed by atoms with E-state index in [0.29, 0.717) is 0 Å². The molecule has 0 unspecified atom stereocenters. The van der Waals surface area contributed by atoms with Gasteiger partial charge in [-0.3, -0.25) is 0 Å². The van der Waals surface area contributed by atoms with Gasteiger partial charge in [0.2, 0.25) is 0 Å². The van der Waals surface area contributed by atoms with Crippen LogP contribution < -0.4 is 9.64 Å². The molecule has 0 fully saturated rings. The number of ether oxygens (including phenoxy) is 1. The fraction of sp³-hybridized carbons (Fsp3) is 0.0294. The van der Waals surface area contributed by atoms with Gasteiger partial charge in [0.05, 0.1) is 22.2 Å². The van der Waals surface area contributed by atoms with Crippen LogP contribution in [-0.2, 0) is 10.8 Å². The minimum atomic E-state index is -0.616. The summed E-state index contributed by atoms with van der Waals surface area (Å²) in [6.45, 7) is 0. The summed E-state index contributed by atoms with van der Waals surface area (Å²) in [7, 11) is 0. The van der Waals surface area contributed by atoms with Crippen molar-refractivity contribution < 1.29 is 4.74 Å². The molecule has 0 saturated heterocycles. The van der Waals surface area contributed by atoms with Gasteiger partial charge in [0.15, 0.2) is 0 Å². The second-order valence-corrected chi connectivity index (χ2v) is 20.1. The molecule has 332 valence electrons. The first-order chi connectivity index (χ1) is 35.2. The predicted octanol–water partition coefficient (Wildman–Crippen LogP) is 17.8. The molecular weight excluding hydrogens is 879 g/mol. The summed E-state index contributed by atoms with van der Waals surface area (Å²) in [5.41, 5.74) is 22.0. The molecular formula is C68H43NOS. The highest BCUT2D eigenvalue weighted by Crippen LogP contribution is 2.66. The Morgan fingerprint density at radius 3 is 1.45 bits per heavy atom. The van der Waals surface area contributed by atoms with Crippen molar-refractivity contribution >= 4 is 28.8 Å². The highest BCUT2D eigenvalue weighted by Gasteiger charge is 2.53. The van der Waals surface area contributed by atoms with Crippen LogP contribution in [0.15, 0.2) is 271 Å². The van der Waals surface area contributed by atoms with Gasteiger partial charge in [0.25, 0.3) is 0 Å². The number of hydrogen-bond donors (Lipinski definition) is 0. The molecule has 71 heavy (non-hydrogen) atoms. The molecule has 11 aromatic carbocycles. The molecule has 2 nitrogen and oxygen atoms in total. The van der Waals surface area contributed by atoms with Gasteiger partial charge in [-0.05, 0) is 115 Å². The summed E-state index contributed by atoms with van der Waals surface area (Å²) in [5.74, 6) is 1.77. The van der Waals surface area contributed by atoms with Gasteiger partial charge in [-0.1, -0.05) is 224 Å². The first-order valence-corrected chi connectivity index (χ1v) is 25.3. The van der Waals surface area contributed by atoms with Gasteiger partial charge in [0.1, 0.15) is 11.5 Å². The molecule has 4 aliphatic rings. The highest BCUT2D eigenvalue weighted by molar-refractivity contribution is 7.99. The molecule has 0 radical (unpaired) electrons. The number of nitrogens with zero attached hydrogens (tertiary/aromatic N) is 1. The number of anilines is 3. The van der Waals surface area contributed by atoms with Crippen LogP contribution in [0.2, 0.25) is 0 Å². The highest BCUT2D eigenvalue weighted by atomic mass is 32.2. The van der Waals surface area contributed by atoms with Crippen LogP contribution >= 0.6 is 11.8 Å². The second kappa shape index (κ2) is 15.4. The summed E-state index contributed by atoms with van der Waals surface area (Å²) in [5, 5.41) is 0. The van der Waals surface area contributed by atoms with Crippen molar-refractivity contribution in [1.82, 2.24) is 0 Å². The predicted molar refractivity (Wildman–Crippen MR) is 291 cm³/mol. The second-order valence-electron chi connectivity index (χ2n) is 19.0. The van der Waals surface area contributed by atoms with Crippen LogP contribution in [0, 0.1) is 0 Å². The average Bonchev–Trinajstić information content (AvgIpc) is 3.90. The van der Waals surface area contributed by atoms with Crippen molar-refractivity contribution in [2.24, 2.45) is 0 Å². The number of para-hydroxylation sites is 3. The van der Waals surface area contributed by atoms with Crippen molar-refractivity contribution in [3.05, 3.63) is 305 Å². The summed E-state index contributed by atoms with van der Waals surface area (Å²) >= 11 is 1.88. The van der Waals surface area contributed by atoms with E-state index in [1.165, 1.54) is 76.6 Å². The molecule has 0 aromatic heterocycles. The molecule has 2 heterocycles. The summed E-state index contributed by atoms with van der Waals surface area (Å²) in [6, 6.07) is 96.6. The average molecular weight is 922 g/mol. The van der Waals surface area contributed by atoms with Crippen LogP contribution in [0.25, 0.3) is 44.5 Å². The van der Waals surface area contributed by atoms with Gasteiger partial charge in [-0.25, -0.2) is 0 Å². The largest absolute Gasteiger partial charge is 0.457 e. The van der Waals surface area contributed by atoms with Crippen molar-refractivity contribution in [2.75, 3.05) is 4.90 Å². The Balaban J connectivity index is 1.02. The SMILES string of the molecule is c1ccc(-c2ccc(-c3ccccc3N(c3ccc4c(c3)-c3ccccc3C43c4ccccc4Sc4ccccc43)c3cccc4c3-c3ccccc3C43c4ccccc4Oc4ccccc43)cc2)cc1. The number of fused-ring (bicyclic) bond motifs is 18. The van der Waals surface area contributed by atoms with Crippen LogP contribution in [0.5, 0.6) is 11.5 Å². The van der Waals surface area contributed by atoms with Crippen LogP contribution in [0.3, 0.4) is 0 Å². The van der Waals surface area contributed by atoms with Crippen LogP contribution in [-0.4, -0.2) is 0 Å². The van der Waals surface area contributed by atoms with E-state index in [4.69, 9.17) is 4.74 Å². The van der Waals surface area contributed by atoms with Gasteiger partial charge in [0, 0.05) is 37.7 Å². The van der Waals surface area contributed by atoms with E-state index in [0.717, 1.165) is 50.8 Å². The maximum atomic E-state index is 6.76. The molecule has 2 aliphatic carbocycles. The molecule has 15 rings (SSSR count). The van der Waals surface area contributed by atoms with E-state index < -0.39 is 10.8 Å². The van der Waals surface area contributed by atoms with E-state index in [9.17, 15) is 0 Å². The van der Waals surface area contributed by atoms with Crippen molar-refractivity contribution in [1.29, 1.82) is 0 Å². The monoisotopic (exact) mass is 921 g/mol. The molecule has 0 saturated carbocycles. The lowest BCUT2D eigenvalue weighted by Crippen LogP contribution is -2.32. The Kier molecular flexibility index (Phi) is 8.76. The fourth-order valence-electron chi connectivity index (χ4n) is 12.8. The van der Waals surface area contributed by atoms with Crippen LogP contribution in [0.1, 0.15) is 44.5 Å². The molecule has 0 atom stereocenters. The van der Waals surface area contributed by atoms with E-state index in [1.54, 1.807) is 0 Å². The number of benzene rings is 11. The molecule has 0 bridgehead atoms. The molecule has 0 amide bonds. The first kappa shape index (κ1) is 40.3. The number of hydrogen-bond acceptors (Lipinski definition) is 3. The third-order valence-electron chi connectivity index (χ3n) is 15.6. The quantitative estimate of drug-likeness (QED) is 0.171. The van der Waals surface area contributed by atoms with Gasteiger partial charge in [-0.2, -0.15) is 0 Å². The lowest BCUT2D eigenvalue weighted by atomic mass is 9.66. The third kappa shape index (κ3) is 5.55. The van der Waals surface area contributed by atoms with E-state index in [1.807, 2.05) is 11.8 Å². The van der Waals surface area contributed by atoms with E-state index in [2.05, 4.69) is 266 Å². The lowest BCUT2D eigenvalue weighted by molar-refractivity contribution is 0.436. The summed E-state index contributed by atoms with van der Waals surface area (Å²) < 4.78 is 6.76. The van der Waals surface area contributed by atoms with Gasteiger partial charge >= 0.3 is 0 Å². The lowest BCUT2D eigenvalue weighted by Gasteiger charge is -2.40. The Morgan fingerprint density at radius 1 is 0.296 bits per heavy atom. The zero-order valence-corrected chi connectivity index (χ0v) is 39.4. The Morgan fingerprint density at radius 2 is 0.761 bits per heavy atom. The maximum Gasteiger partial charge on any atom is 0.132 e. The zero-order chi connectivity index (χ0) is 46.7. The molecule has 3 heteroatoms. The van der Waals surface area contributed by atoms with Crippen molar-refractivity contribution in [2.45, 2.75) is 20.6 Å². The van der Waals surface area contributed by atoms with Crippen molar-refractivity contribution in [3.63, 3.8) is 0 Å². The Labute approximate surface area is 418 Å². The normalized spacial score (nSPS) is 14.2. The first-order valence-electron chi connectivity index (χ1n) is 24.5. The standard InChI is InChI=1S/C68H43NOS/c1-2-19-44(20-3-1)45-37-39-46(40-38-45)48-21-6-13-31-60(48)69(47-41-42-54-51(43-47)49-22-4-7-24-52(49)67(54)57-28-11-16-35-64(57)71-65-36-17-12-29-58(65)67)61-32-18-30-59-66(61)50-23-5-8-25-53(50)68(59)55-26-9-14-33-62(55)70-63-34-15-10-27-56(63)68/h1-43H. The molecule has 2 spiro atoms. The smallest absolute Gasteiger partial charge is 0.132 e. The molecule has 0 N–H and O–H groups in total. The topological polar surface area (TPSA) is 12.5 Å². The number of rotatable bonds is 5. The fourth-order valence-corrected chi connectivity index (χ4v) is 14.0. The third-order valence-corrected chi connectivity index (χ3v) is 16.8. The molecule has 11 aromatic rings. The van der Waals surface area contributed by atoms with Crippen LogP contribution in [0.4, 0.5) is 17.1 Å². The van der Waals surface area contributed by atoms with Gasteiger partial charge < -0.3 is 9.64 Å². The van der Waals surface area contributed by atoms with E-state index in [-0.39, 0.29) is 0 Å². The maximum absolute atomic E-state index is 6.76. The Hall–Kier alpha value is -8.63. The zero-order valence-electron chi connectivity index (χ0n) is 38.6. The van der Waals surface area contributed by atoms with Gasteiger partial charge in [-0.15, -0.1) is 0 Å². The summed E-state index contributed by atoms with van der Waals surface area (Å²) in [6.07, 6.45) is 0. The van der Waals surface area contributed by atoms with E-state index >= 15 is 0 Å².